The molecule has 0 aliphatic heterocycles. The summed E-state index contributed by atoms with van der Waals surface area (Å²) >= 11 is 0. The van der Waals surface area contributed by atoms with Crippen molar-refractivity contribution in [2.45, 2.75) is 71.4 Å². The quantitative estimate of drug-likeness (QED) is 0.646. The third kappa shape index (κ3) is 4.45. The van der Waals surface area contributed by atoms with Crippen LogP contribution < -0.4 is 11.1 Å². The molecule has 1 saturated carbocycles. The third-order valence-electron chi connectivity index (χ3n) is 4.71. The van der Waals surface area contributed by atoms with Crippen LogP contribution in [0.1, 0.15) is 59.3 Å². The molecule has 1 amide bonds. The molecule has 0 heterocycles. The number of rotatable bonds is 10. The van der Waals surface area contributed by atoms with Crippen LogP contribution in [0.3, 0.4) is 0 Å². The maximum Gasteiger partial charge on any atom is 0.227 e. The first kappa shape index (κ1) is 17.4. The van der Waals surface area contributed by atoms with Gasteiger partial charge in [0.2, 0.25) is 5.91 Å². The van der Waals surface area contributed by atoms with E-state index in [0.29, 0.717) is 12.6 Å². The van der Waals surface area contributed by atoms with E-state index in [4.69, 9.17) is 5.73 Å². The second-order valence-electron chi connectivity index (χ2n) is 6.44. The van der Waals surface area contributed by atoms with Gasteiger partial charge in [-0.2, -0.15) is 0 Å². The predicted octanol–water partition coefficient (Wildman–Crippen LogP) is 2.13. The maximum atomic E-state index is 12.6. The predicted molar refractivity (Wildman–Crippen MR) is 84.6 cm³/mol. The Balaban J connectivity index is 2.51. The molecule has 20 heavy (non-hydrogen) atoms. The molecule has 0 radical (unpaired) electrons. The molecule has 4 heteroatoms. The Hall–Kier alpha value is -0.610. The Morgan fingerprint density at radius 1 is 1.35 bits per heavy atom. The van der Waals surface area contributed by atoms with Gasteiger partial charge in [0, 0.05) is 25.2 Å². The monoisotopic (exact) mass is 283 g/mol. The van der Waals surface area contributed by atoms with Crippen LogP contribution >= 0.6 is 0 Å². The lowest BCUT2D eigenvalue weighted by molar-refractivity contribution is -0.131. The molecule has 0 aromatic rings. The minimum absolute atomic E-state index is 0.153. The van der Waals surface area contributed by atoms with Crippen LogP contribution in [0.15, 0.2) is 0 Å². The first-order valence-electron chi connectivity index (χ1n) is 8.21. The number of nitrogens with two attached hydrogens (primary N) is 1. The van der Waals surface area contributed by atoms with Gasteiger partial charge in [-0.25, -0.2) is 0 Å². The molecule has 0 aromatic carbocycles. The highest BCUT2D eigenvalue weighted by atomic mass is 16.2. The van der Waals surface area contributed by atoms with Crippen LogP contribution in [-0.2, 0) is 4.79 Å². The van der Waals surface area contributed by atoms with Gasteiger partial charge in [0.05, 0.1) is 5.41 Å². The number of hydrogen-bond donors (Lipinski definition) is 2. The molecule has 1 rings (SSSR count). The zero-order chi connectivity index (χ0) is 15.2. The molecular weight excluding hydrogens is 250 g/mol. The van der Waals surface area contributed by atoms with Crippen LogP contribution in [0.5, 0.6) is 0 Å². The van der Waals surface area contributed by atoms with Crippen molar-refractivity contribution in [3.8, 4) is 0 Å². The Bertz CT molecular complexity index is 296. The average molecular weight is 283 g/mol. The number of carbonyl (C=O) groups is 1. The van der Waals surface area contributed by atoms with E-state index in [1.807, 2.05) is 0 Å². The summed E-state index contributed by atoms with van der Waals surface area (Å²) in [6, 6.07) is 1.12. The molecular formula is C16H33N3O. The van der Waals surface area contributed by atoms with Crippen molar-refractivity contribution in [2.24, 2.45) is 11.1 Å². The fourth-order valence-electron chi connectivity index (χ4n) is 3.02. The molecule has 0 saturated heterocycles. The van der Waals surface area contributed by atoms with E-state index in [2.05, 4.69) is 38.0 Å². The minimum atomic E-state index is -0.360. The second kappa shape index (κ2) is 7.99. The van der Waals surface area contributed by atoms with E-state index in [9.17, 15) is 4.79 Å². The van der Waals surface area contributed by atoms with Gasteiger partial charge in [0.1, 0.15) is 0 Å². The molecule has 1 atom stereocenters. The first-order valence-corrected chi connectivity index (χ1v) is 8.21. The van der Waals surface area contributed by atoms with Crippen LogP contribution in [-0.4, -0.2) is 43.0 Å². The van der Waals surface area contributed by atoms with E-state index in [1.54, 1.807) is 0 Å². The van der Waals surface area contributed by atoms with Gasteiger partial charge < -0.3 is 11.1 Å². The highest BCUT2D eigenvalue weighted by Crippen LogP contribution is 2.29. The van der Waals surface area contributed by atoms with Crippen molar-refractivity contribution in [1.29, 1.82) is 0 Å². The molecule has 0 spiro atoms. The summed E-state index contributed by atoms with van der Waals surface area (Å²) in [5.74, 6) is 0.153. The fraction of sp³-hybridized carbons (Fsp3) is 0.938. The summed E-state index contributed by atoms with van der Waals surface area (Å²) in [7, 11) is 2.16. The summed E-state index contributed by atoms with van der Waals surface area (Å²) in [6.45, 7) is 7.60. The van der Waals surface area contributed by atoms with Crippen LogP contribution in [0.2, 0.25) is 0 Å². The Kier molecular flexibility index (Phi) is 6.96. The lowest BCUT2D eigenvalue weighted by Crippen LogP contribution is -2.49. The third-order valence-corrected chi connectivity index (χ3v) is 4.71. The zero-order valence-electron chi connectivity index (χ0n) is 13.7. The normalized spacial score (nSPS) is 17.3. The summed E-state index contributed by atoms with van der Waals surface area (Å²) in [6.07, 6.45) is 6.37. The van der Waals surface area contributed by atoms with Gasteiger partial charge in [0.15, 0.2) is 0 Å². The molecule has 1 fully saturated rings. The lowest BCUT2D eigenvalue weighted by atomic mass is 9.78. The fourth-order valence-corrected chi connectivity index (χ4v) is 3.02. The van der Waals surface area contributed by atoms with Crippen LogP contribution in [0.25, 0.3) is 0 Å². The first-order chi connectivity index (χ1) is 9.50. The Labute approximate surface area is 124 Å². The van der Waals surface area contributed by atoms with Gasteiger partial charge in [0.25, 0.3) is 0 Å². The molecule has 4 nitrogen and oxygen atoms in total. The van der Waals surface area contributed by atoms with Crippen molar-refractivity contribution in [3.05, 3.63) is 0 Å². The van der Waals surface area contributed by atoms with Crippen molar-refractivity contribution in [2.75, 3.05) is 20.1 Å². The van der Waals surface area contributed by atoms with E-state index < -0.39 is 0 Å². The van der Waals surface area contributed by atoms with Gasteiger partial charge in [-0.3, -0.25) is 9.69 Å². The number of nitrogens with one attached hydrogen (secondary N) is 1. The second-order valence-corrected chi connectivity index (χ2v) is 6.44. The molecule has 1 unspecified atom stereocenters. The van der Waals surface area contributed by atoms with Gasteiger partial charge in [-0.05, 0) is 39.7 Å². The minimum Gasteiger partial charge on any atom is -0.354 e. The number of carbonyl (C=O) groups excluding carboxylic acids is 1. The van der Waals surface area contributed by atoms with Crippen molar-refractivity contribution < 1.29 is 4.79 Å². The van der Waals surface area contributed by atoms with Gasteiger partial charge in [-0.15, -0.1) is 0 Å². The summed E-state index contributed by atoms with van der Waals surface area (Å²) in [4.78, 5) is 15.0. The Morgan fingerprint density at radius 3 is 2.30 bits per heavy atom. The standard InChI is InChI=1S/C16H33N3O/c1-5-9-16(12-17,10-6-2)15(20)18-11-13(3)19(4)14-7-8-14/h13-14H,5-12,17H2,1-4H3,(H,18,20). The lowest BCUT2D eigenvalue weighted by Gasteiger charge is -2.32. The molecule has 1 aliphatic carbocycles. The van der Waals surface area contributed by atoms with E-state index in [1.165, 1.54) is 12.8 Å². The number of amides is 1. The zero-order valence-corrected chi connectivity index (χ0v) is 13.7. The maximum absolute atomic E-state index is 12.6. The van der Waals surface area contributed by atoms with Crippen LogP contribution in [0, 0.1) is 5.41 Å². The summed E-state index contributed by atoms with van der Waals surface area (Å²) in [5, 5.41) is 3.15. The largest absolute Gasteiger partial charge is 0.354 e. The molecule has 0 bridgehead atoms. The highest BCUT2D eigenvalue weighted by molar-refractivity contribution is 5.82. The summed E-state index contributed by atoms with van der Waals surface area (Å²) < 4.78 is 0. The number of nitrogens with zero attached hydrogens (tertiary/aromatic N) is 1. The van der Waals surface area contributed by atoms with Crippen molar-refractivity contribution in [1.82, 2.24) is 10.2 Å². The van der Waals surface area contributed by atoms with E-state index in [0.717, 1.165) is 38.3 Å². The SMILES string of the molecule is CCCC(CN)(CCC)C(=O)NCC(C)N(C)C1CC1. The smallest absolute Gasteiger partial charge is 0.227 e. The van der Waals surface area contributed by atoms with E-state index in [-0.39, 0.29) is 11.3 Å². The van der Waals surface area contributed by atoms with Gasteiger partial charge >= 0.3 is 0 Å². The topological polar surface area (TPSA) is 58.4 Å². The molecule has 0 aromatic heterocycles. The Morgan fingerprint density at radius 2 is 1.90 bits per heavy atom. The van der Waals surface area contributed by atoms with E-state index >= 15 is 0 Å². The van der Waals surface area contributed by atoms with Crippen molar-refractivity contribution >= 4 is 5.91 Å². The van der Waals surface area contributed by atoms with Crippen molar-refractivity contribution in [3.63, 3.8) is 0 Å². The molecule has 3 N–H and O–H groups in total. The molecule has 118 valence electrons. The van der Waals surface area contributed by atoms with Crippen LogP contribution in [0.4, 0.5) is 0 Å². The highest BCUT2D eigenvalue weighted by Gasteiger charge is 2.36. The summed E-state index contributed by atoms with van der Waals surface area (Å²) in [5.41, 5.74) is 5.57. The average Bonchev–Trinajstić information content (AvgIpc) is 3.27. The number of hydrogen-bond acceptors (Lipinski definition) is 3. The van der Waals surface area contributed by atoms with Gasteiger partial charge in [-0.1, -0.05) is 26.7 Å². The molecule has 1 aliphatic rings. The number of likely N-dealkylation sites (N-methyl/N-ethyl adjacent to an activating group) is 1.